The first-order valence-electron chi connectivity index (χ1n) is 15.1. The van der Waals surface area contributed by atoms with Gasteiger partial charge in [-0.15, -0.1) is 6.58 Å². The van der Waals surface area contributed by atoms with E-state index in [1.165, 1.54) is 6.42 Å². The maximum Gasteiger partial charge on any atom is 0.377 e. The lowest BCUT2D eigenvalue weighted by Gasteiger charge is -2.50. The Morgan fingerprint density at radius 2 is 1.56 bits per heavy atom. The summed E-state index contributed by atoms with van der Waals surface area (Å²) in [5.41, 5.74) is 1.85. The van der Waals surface area contributed by atoms with Crippen molar-refractivity contribution in [3.05, 3.63) is 71.7 Å². The fourth-order valence-electron chi connectivity index (χ4n) is 6.09. The molecule has 262 valence electrons. The molecule has 7 rings (SSSR count). The summed E-state index contributed by atoms with van der Waals surface area (Å²) in [5, 5.41) is 82.2. The number of esters is 2. The van der Waals surface area contributed by atoms with Crippen LogP contribution in [0.2, 0.25) is 0 Å². The maximum absolute atomic E-state index is 11.2. The number of methoxy groups -OCH3 is 1. The molecular formula is C32H40N2O14. The summed E-state index contributed by atoms with van der Waals surface area (Å²) in [5.74, 6) is -3.55. The second-order valence-corrected chi connectivity index (χ2v) is 11.6. The number of fused-ring (bicyclic) bond motifs is 4. The minimum absolute atomic E-state index is 0.178. The van der Waals surface area contributed by atoms with Crippen molar-refractivity contribution in [1.29, 1.82) is 0 Å². The molecule has 0 spiro atoms. The summed E-state index contributed by atoms with van der Waals surface area (Å²) in [6.45, 7) is 4.73. The SMILES string of the molecule is C=C[C@H]1CN2CCC1C[C@H]2[C@H](O)c1ccnc2ccc(OC)cc12.O=C1O[C@H](C(O)CO)C(O)=C1O.O=C1O[C@H](C(O)CO)C(O)=C1O. The molecule has 3 saturated heterocycles. The molecule has 0 saturated carbocycles. The lowest BCUT2D eigenvalue weighted by atomic mass is 9.73. The molecule has 2 bridgehead atoms. The van der Waals surface area contributed by atoms with Gasteiger partial charge >= 0.3 is 11.9 Å². The first-order valence-corrected chi connectivity index (χ1v) is 15.1. The molecule has 6 heterocycles. The van der Waals surface area contributed by atoms with E-state index in [0.717, 1.165) is 41.7 Å². The van der Waals surface area contributed by atoms with E-state index in [2.05, 4.69) is 32.0 Å². The molecule has 16 heteroatoms. The van der Waals surface area contributed by atoms with Crippen LogP contribution in [-0.4, -0.2) is 132 Å². The van der Waals surface area contributed by atoms with Gasteiger partial charge in [0.05, 0.1) is 31.9 Å². The smallest absolute Gasteiger partial charge is 0.377 e. The fraction of sp³-hybridized carbons (Fsp3) is 0.469. The van der Waals surface area contributed by atoms with Crippen molar-refractivity contribution >= 4 is 22.8 Å². The summed E-state index contributed by atoms with van der Waals surface area (Å²) >= 11 is 0. The van der Waals surface area contributed by atoms with Crippen molar-refractivity contribution in [2.24, 2.45) is 11.8 Å². The van der Waals surface area contributed by atoms with Crippen LogP contribution in [0.5, 0.6) is 5.75 Å². The van der Waals surface area contributed by atoms with Crippen LogP contribution in [-0.2, 0) is 19.1 Å². The molecule has 5 aliphatic rings. The van der Waals surface area contributed by atoms with Gasteiger partial charge in [-0.1, -0.05) is 6.08 Å². The first kappa shape index (κ1) is 36.4. The molecule has 9 atom stereocenters. The Bertz CT molecular complexity index is 1510. The molecule has 1 aromatic carbocycles. The van der Waals surface area contributed by atoms with Gasteiger partial charge < -0.3 is 60.2 Å². The second kappa shape index (κ2) is 15.6. The van der Waals surface area contributed by atoms with Crippen LogP contribution in [0.4, 0.5) is 0 Å². The molecule has 0 aliphatic carbocycles. The summed E-state index contributed by atoms with van der Waals surface area (Å²) in [7, 11) is 1.66. The van der Waals surface area contributed by atoms with Gasteiger partial charge in [0.1, 0.15) is 18.0 Å². The molecular weight excluding hydrogens is 636 g/mol. The number of aliphatic hydroxyl groups excluding tert-OH is 9. The van der Waals surface area contributed by atoms with E-state index in [9.17, 15) is 14.7 Å². The zero-order valence-corrected chi connectivity index (χ0v) is 26.0. The van der Waals surface area contributed by atoms with E-state index in [4.69, 9.17) is 45.6 Å². The highest BCUT2D eigenvalue weighted by Gasteiger charge is 2.43. The average Bonchev–Trinajstić information content (AvgIpc) is 3.54. The molecule has 5 aliphatic heterocycles. The number of aromatic nitrogens is 1. The van der Waals surface area contributed by atoms with Gasteiger partial charge in [-0.25, -0.2) is 9.59 Å². The topological polar surface area (TPSA) is 260 Å². The van der Waals surface area contributed by atoms with Gasteiger partial charge in [0.25, 0.3) is 0 Å². The van der Waals surface area contributed by atoms with Crippen LogP contribution in [0.25, 0.3) is 10.9 Å². The number of benzene rings is 1. The van der Waals surface area contributed by atoms with Crippen LogP contribution < -0.4 is 4.74 Å². The van der Waals surface area contributed by atoms with Crippen LogP contribution in [0.3, 0.4) is 0 Å². The molecule has 2 aromatic rings. The number of cyclic esters (lactones) is 2. The summed E-state index contributed by atoms with van der Waals surface area (Å²) in [6.07, 6.45) is 0.0669. The molecule has 0 radical (unpaired) electrons. The predicted molar refractivity (Wildman–Crippen MR) is 166 cm³/mol. The number of nitrogens with zero attached hydrogens (tertiary/aromatic N) is 2. The van der Waals surface area contributed by atoms with Crippen molar-refractivity contribution in [2.45, 2.75) is 49.4 Å². The monoisotopic (exact) mass is 676 g/mol. The number of hydrogen-bond acceptors (Lipinski definition) is 16. The largest absolute Gasteiger partial charge is 0.505 e. The molecule has 1 aromatic heterocycles. The highest BCUT2D eigenvalue weighted by molar-refractivity contribution is 5.89. The van der Waals surface area contributed by atoms with Crippen molar-refractivity contribution in [3.63, 3.8) is 0 Å². The van der Waals surface area contributed by atoms with E-state index >= 15 is 0 Å². The highest BCUT2D eigenvalue weighted by Crippen LogP contribution is 2.42. The summed E-state index contributed by atoms with van der Waals surface area (Å²) in [6, 6.07) is 7.96. The lowest BCUT2D eigenvalue weighted by Crippen LogP contribution is -2.54. The van der Waals surface area contributed by atoms with Gasteiger partial charge in [0, 0.05) is 24.2 Å². The van der Waals surface area contributed by atoms with Crippen LogP contribution in [0, 0.1) is 11.8 Å². The first-order chi connectivity index (χ1) is 22.9. The molecule has 4 unspecified atom stereocenters. The van der Waals surface area contributed by atoms with Gasteiger partial charge in [-0.2, -0.15) is 0 Å². The quantitative estimate of drug-likeness (QED) is 0.135. The standard InChI is InChI=1S/C20H24N2O2.2C6H8O6/c1-3-13-12-22-9-7-14(13)10-19(22)20(23)16-6-8-21-18-5-4-15(24-2)11-17(16)18;2*7-1-2(8)5-3(9)4(10)6(11)12-5/h3-6,8,11,13-14,19-20,23H,1,7,9-10,12H2,2H3;2*2,5,7-10H,1H2/t13-,14?,19-,20+;2*2?,5-/m011/s1. The van der Waals surface area contributed by atoms with Crippen LogP contribution in [0.15, 0.2) is 66.2 Å². The second-order valence-electron chi connectivity index (χ2n) is 11.6. The molecule has 16 nitrogen and oxygen atoms in total. The Kier molecular flexibility index (Phi) is 11.9. The number of piperidine rings is 3. The Morgan fingerprint density at radius 1 is 0.979 bits per heavy atom. The van der Waals surface area contributed by atoms with E-state index in [-0.39, 0.29) is 6.04 Å². The summed E-state index contributed by atoms with van der Waals surface area (Å²) < 4.78 is 14.0. The molecule has 48 heavy (non-hydrogen) atoms. The Balaban J connectivity index is 0.000000183. The summed E-state index contributed by atoms with van der Waals surface area (Å²) in [4.78, 5) is 27.9. The zero-order chi connectivity index (χ0) is 35.3. The van der Waals surface area contributed by atoms with Gasteiger partial charge in [0.15, 0.2) is 23.7 Å². The zero-order valence-electron chi connectivity index (χ0n) is 26.0. The molecule has 3 fully saturated rings. The maximum atomic E-state index is 11.2. The number of carbonyl (C=O) groups excluding carboxylic acids is 2. The minimum atomic E-state index is -1.42. The normalized spacial score (nSPS) is 28.0. The van der Waals surface area contributed by atoms with Crippen molar-refractivity contribution < 1.29 is 69.8 Å². The number of rotatable bonds is 8. The average molecular weight is 677 g/mol. The van der Waals surface area contributed by atoms with Crippen molar-refractivity contribution in [2.75, 3.05) is 33.4 Å². The highest BCUT2D eigenvalue weighted by atomic mass is 16.6. The Morgan fingerprint density at radius 3 is 2.00 bits per heavy atom. The Hall–Kier alpha value is -4.45. The number of carbonyl (C=O) groups is 2. The number of aliphatic hydroxyl groups is 9. The van der Waals surface area contributed by atoms with Gasteiger partial charge in [0.2, 0.25) is 11.5 Å². The van der Waals surface area contributed by atoms with Gasteiger partial charge in [-0.3, -0.25) is 9.88 Å². The van der Waals surface area contributed by atoms with Crippen LogP contribution in [0.1, 0.15) is 24.5 Å². The van der Waals surface area contributed by atoms with E-state index in [1.807, 2.05) is 24.3 Å². The van der Waals surface area contributed by atoms with E-state index < -0.39 is 78.7 Å². The fourth-order valence-corrected chi connectivity index (χ4v) is 6.09. The third-order valence-corrected chi connectivity index (χ3v) is 8.77. The van der Waals surface area contributed by atoms with Gasteiger partial charge in [-0.05, 0) is 61.1 Å². The number of ether oxygens (including phenoxy) is 3. The molecule has 0 amide bonds. The van der Waals surface area contributed by atoms with Crippen molar-refractivity contribution in [3.8, 4) is 5.75 Å². The third-order valence-electron chi connectivity index (χ3n) is 8.77. The minimum Gasteiger partial charge on any atom is -0.505 e. The number of hydrogen-bond donors (Lipinski definition) is 9. The van der Waals surface area contributed by atoms with E-state index in [0.29, 0.717) is 11.8 Å². The third kappa shape index (κ3) is 7.48. The Labute approximate surface area is 274 Å². The van der Waals surface area contributed by atoms with Crippen LogP contribution >= 0.6 is 0 Å². The predicted octanol–water partition coefficient (Wildman–Crippen LogP) is 0.358. The van der Waals surface area contributed by atoms with Crippen molar-refractivity contribution in [1.82, 2.24) is 9.88 Å². The molecule has 9 N–H and O–H groups in total. The lowest BCUT2D eigenvalue weighted by molar-refractivity contribution is -0.148. The van der Waals surface area contributed by atoms with E-state index in [1.54, 1.807) is 13.3 Å². The number of pyridine rings is 1.